The quantitative estimate of drug-likeness (QED) is 0.878. The lowest BCUT2D eigenvalue weighted by Gasteiger charge is -2.36. The van der Waals surface area contributed by atoms with Gasteiger partial charge in [-0.3, -0.25) is 14.6 Å². The standard InChI is InChI=1S/C17H22N4O2S/c1-17(2)11-19-16(24-17)21-9-7-20(8-10-21)15(23)13-5-3-12(4-6-13)14(18)22/h3-6H,7-11H2,1-2H3,(H2,18,22). The molecule has 2 aliphatic heterocycles. The molecule has 2 heterocycles. The minimum Gasteiger partial charge on any atom is -0.366 e. The molecule has 3 rings (SSSR count). The molecule has 2 N–H and O–H groups in total. The fraction of sp³-hybridized carbons (Fsp3) is 0.471. The number of carbonyl (C=O) groups is 2. The van der Waals surface area contributed by atoms with E-state index in [0.717, 1.165) is 24.8 Å². The monoisotopic (exact) mass is 346 g/mol. The molecule has 1 fully saturated rings. The van der Waals surface area contributed by atoms with Crippen molar-refractivity contribution in [3.8, 4) is 0 Å². The highest BCUT2D eigenvalue weighted by molar-refractivity contribution is 8.15. The summed E-state index contributed by atoms with van der Waals surface area (Å²) in [5.41, 5.74) is 6.22. The SMILES string of the molecule is CC1(C)CN=C(N2CCN(C(=O)c3ccc(C(N)=O)cc3)CC2)S1. The largest absolute Gasteiger partial charge is 0.366 e. The van der Waals surface area contributed by atoms with E-state index in [9.17, 15) is 9.59 Å². The summed E-state index contributed by atoms with van der Waals surface area (Å²) in [7, 11) is 0. The van der Waals surface area contributed by atoms with Crippen molar-refractivity contribution in [3.05, 3.63) is 35.4 Å². The Morgan fingerprint density at radius 3 is 2.17 bits per heavy atom. The van der Waals surface area contributed by atoms with E-state index >= 15 is 0 Å². The molecule has 2 amide bonds. The predicted octanol–water partition coefficient (Wildman–Crippen LogP) is 1.42. The molecule has 0 saturated carbocycles. The van der Waals surface area contributed by atoms with Crippen LogP contribution in [0.2, 0.25) is 0 Å². The van der Waals surface area contributed by atoms with Gasteiger partial charge in [-0.25, -0.2) is 0 Å². The van der Waals surface area contributed by atoms with Crippen molar-refractivity contribution in [2.24, 2.45) is 10.7 Å². The molecule has 128 valence electrons. The molecule has 24 heavy (non-hydrogen) atoms. The molecule has 0 aromatic heterocycles. The van der Waals surface area contributed by atoms with Gasteiger partial charge >= 0.3 is 0 Å². The van der Waals surface area contributed by atoms with Crippen LogP contribution in [0.25, 0.3) is 0 Å². The van der Waals surface area contributed by atoms with Crippen molar-refractivity contribution < 1.29 is 9.59 Å². The van der Waals surface area contributed by atoms with Gasteiger partial charge in [0.1, 0.15) is 0 Å². The topological polar surface area (TPSA) is 79.0 Å². The van der Waals surface area contributed by atoms with Crippen molar-refractivity contribution in [2.75, 3.05) is 32.7 Å². The summed E-state index contributed by atoms with van der Waals surface area (Å²) in [4.78, 5) is 32.4. The molecule has 7 heteroatoms. The van der Waals surface area contributed by atoms with E-state index in [0.29, 0.717) is 24.2 Å². The second-order valence-electron chi connectivity index (χ2n) is 6.68. The summed E-state index contributed by atoms with van der Waals surface area (Å²) in [6.45, 7) is 8.19. The number of piperazine rings is 1. The lowest BCUT2D eigenvalue weighted by molar-refractivity contribution is 0.0693. The molecule has 0 unspecified atom stereocenters. The van der Waals surface area contributed by atoms with E-state index in [1.54, 1.807) is 24.3 Å². The number of thioether (sulfide) groups is 1. The van der Waals surface area contributed by atoms with Gasteiger partial charge in [0.25, 0.3) is 5.91 Å². The fourth-order valence-corrected chi connectivity index (χ4v) is 3.86. The van der Waals surface area contributed by atoms with E-state index in [1.165, 1.54) is 0 Å². The van der Waals surface area contributed by atoms with E-state index in [2.05, 4.69) is 23.7 Å². The highest BCUT2D eigenvalue weighted by atomic mass is 32.2. The van der Waals surface area contributed by atoms with Crippen LogP contribution in [-0.2, 0) is 0 Å². The Kier molecular flexibility index (Phi) is 4.54. The first-order valence-corrected chi connectivity index (χ1v) is 8.85. The Hall–Kier alpha value is -2.02. The van der Waals surface area contributed by atoms with Crippen LogP contribution in [0, 0.1) is 0 Å². The van der Waals surface area contributed by atoms with E-state index in [1.807, 2.05) is 16.7 Å². The number of amides is 2. The average molecular weight is 346 g/mol. The molecule has 0 bridgehead atoms. The lowest BCUT2D eigenvalue weighted by atomic mass is 10.1. The van der Waals surface area contributed by atoms with Gasteiger partial charge in [0.05, 0.1) is 6.54 Å². The lowest BCUT2D eigenvalue weighted by Crippen LogP contribution is -2.50. The smallest absolute Gasteiger partial charge is 0.253 e. The Balaban J connectivity index is 1.58. The molecule has 0 aliphatic carbocycles. The summed E-state index contributed by atoms with van der Waals surface area (Å²) in [6.07, 6.45) is 0. The second-order valence-corrected chi connectivity index (χ2v) is 8.36. The van der Waals surface area contributed by atoms with Crippen LogP contribution in [0.3, 0.4) is 0 Å². The molecule has 6 nitrogen and oxygen atoms in total. The molecule has 1 aromatic carbocycles. The molecule has 0 spiro atoms. The number of hydrogen-bond acceptors (Lipinski definition) is 5. The van der Waals surface area contributed by atoms with Crippen LogP contribution >= 0.6 is 11.8 Å². The van der Waals surface area contributed by atoms with Crippen molar-refractivity contribution in [1.29, 1.82) is 0 Å². The maximum atomic E-state index is 12.6. The molecule has 0 radical (unpaired) electrons. The third kappa shape index (κ3) is 3.56. The van der Waals surface area contributed by atoms with Gasteiger partial charge in [0, 0.05) is 42.1 Å². The minimum absolute atomic E-state index is 0.00739. The third-order valence-corrected chi connectivity index (χ3v) is 5.47. The Bertz CT molecular complexity index is 676. The maximum absolute atomic E-state index is 12.6. The van der Waals surface area contributed by atoms with Gasteiger partial charge in [0.2, 0.25) is 5.91 Å². The van der Waals surface area contributed by atoms with Crippen molar-refractivity contribution in [2.45, 2.75) is 18.6 Å². The first-order valence-electron chi connectivity index (χ1n) is 8.03. The maximum Gasteiger partial charge on any atom is 0.253 e. The zero-order valence-electron chi connectivity index (χ0n) is 14.0. The molecular formula is C17H22N4O2S. The highest BCUT2D eigenvalue weighted by Crippen LogP contribution is 2.33. The van der Waals surface area contributed by atoms with Gasteiger partial charge in [-0.1, -0.05) is 11.8 Å². The number of carbonyl (C=O) groups excluding carboxylic acids is 2. The summed E-state index contributed by atoms with van der Waals surface area (Å²) >= 11 is 1.81. The van der Waals surface area contributed by atoms with Crippen molar-refractivity contribution >= 4 is 28.7 Å². The molecular weight excluding hydrogens is 324 g/mol. The van der Waals surface area contributed by atoms with Gasteiger partial charge in [0.15, 0.2) is 5.17 Å². The summed E-state index contributed by atoms with van der Waals surface area (Å²) in [6, 6.07) is 6.51. The van der Waals surface area contributed by atoms with Gasteiger partial charge in [-0.2, -0.15) is 0 Å². The molecule has 1 aromatic rings. The highest BCUT2D eigenvalue weighted by Gasteiger charge is 2.32. The number of nitrogens with zero attached hydrogens (tertiary/aromatic N) is 3. The number of hydrogen-bond donors (Lipinski definition) is 1. The fourth-order valence-electron chi connectivity index (χ4n) is 2.79. The number of primary amides is 1. The number of aliphatic imine (C=N–C) groups is 1. The zero-order chi connectivity index (χ0) is 17.3. The Morgan fingerprint density at radius 1 is 1.08 bits per heavy atom. The Labute approximate surface area is 146 Å². The van der Waals surface area contributed by atoms with E-state index in [4.69, 9.17) is 5.73 Å². The van der Waals surface area contributed by atoms with Crippen LogP contribution in [-0.4, -0.2) is 64.3 Å². The number of nitrogens with two attached hydrogens (primary N) is 1. The Morgan fingerprint density at radius 2 is 1.67 bits per heavy atom. The second kappa shape index (κ2) is 6.47. The normalized spacial score (nSPS) is 20.0. The zero-order valence-corrected chi connectivity index (χ0v) is 14.8. The molecule has 1 saturated heterocycles. The van der Waals surface area contributed by atoms with Crippen LogP contribution in [0.1, 0.15) is 34.6 Å². The van der Waals surface area contributed by atoms with Crippen LogP contribution < -0.4 is 5.73 Å². The molecule has 0 atom stereocenters. The van der Waals surface area contributed by atoms with Gasteiger partial charge < -0.3 is 15.5 Å². The van der Waals surface area contributed by atoms with E-state index < -0.39 is 5.91 Å². The number of benzene rings is 1. The first-order chi connectivity index (χ1) is 11.4. The average Bonchev–Trinajstić information content (AvgIpc) is 2.94. The van der Waals surface area contributed by atoms with Crippen LogP contribution in [0.15, 0.2) is 29.3 Å². The number of amidine groups is 1. The van der Waals surface area contributed by atoms with Gasteiger partial charge in [-0.15, -0.1) is 0 Å². The first kappa shape index (κ1) is 16.8. The van der Waals surface area contributed by atoms with Crippen molar-refractivity contribution in [3.63, 3.8) is 0 Å². The van der Waals surface area contributed by atoms with E-state index in [-0.39, 0.29) is 10.7 Å². The summed E-state index contributed by atoms with van der Waals surface area (Å²) in [5.74, 6) is -0.493. The van der Waals surface area contributed by atoms with Crippen molar-refractivity contribution in [1.82, 2.24) is 9.80 Å². The summed E-state index contributed by atoms with van der Waals surface area (Å²) < 4.78 is 0.171. The van der Waals surface area contributed by atoms with Gasteiger partial charge in [-0.05, 0) is 38.1 Å². The minimum atomic E-state index is -0.486. The summed E-state index contributed by atoms with van der Waals surface area (Å²) in [5, 5.41) is 1.10. The third-order valence-electron chi connectivity index (χ3n) is 4.22. The number of rotatable bonds is 2. The van der Waals surface area contributed by atoms with Crippen LogP contribution in [0.4, 0.5) is 0 Å². The van der Waals surface area contributed by atoms with Crippen LogP contribution in [0.5, 0.6) is 0 Å². The predicted molar refractivity (Wildman–Crippen MR) is 96.4 cm³/mol. The molecule has 2 aliphatic rings.